The lowest BCUT2D eigenvalue weighted by molar-refractivity contribution is -0.137. The zero-order chi connectivity index (χ0) is 31.7. The number of carboxylic acid groups (broad SMARTS) is 1. The van der Waals surface area contributed by atoms with Crippen molar-refractivity contribution in [1.82, 2.24) is 21.3 Å². The molecule has 6 N–H and O–H groups in total. The molecule has 0 radical (unpaired) electrons. The first-order valence-electron chi connectivity index (χ1n) is 15.0. The van der Waals surface area contributed by atoms with Crippen molar-refractivity contribution in [3.05, 3.63) is 35.9 Å². The van der Waals surface area contributed by atoms with Crippen molar-refractivity contribution < 1.29 is 34.2 Å². The maximum Gasteiger partial charge on any atom is 0.303 e. The molecule has 0 fully saturated rings. The van der Waals surface area contributed by atoms with E-state index in [9.17, 15) is 29.1 Å². The van der Waals surface area contributed by atoms with Crippen LogP contribution in [0, 0.1) is 11.8 Å². The minimum atomic E-state index is -1.14. The van der Waals surface area contributed by atoms with E-state index < -0.39 is 47.9 Å². The highest BCUT2D eigenvalue weighted by atomic mass is 16.4. The summed E-state index contributed by atoms with van der Waals surface area (Å²) in [7, 11) is 0. The van der Waals surface area contributed by atoms with Gasteiger partial charge in [-0.15, -0.1) is 0 Å². The van der Waals surface area contributed by atoms with Crippen LogP contribution in [0.25, 0.3) is 0 Å². The molecule has 0 aliphatic rings. The number of aliphatic carboxylic acids is 1. The third-order valence-electron chi connectivity index (χ3n) is 7.06. The van der Waals surface area contributed by atoms with Crippen molar-refractivity contribution in [1.29, 1.82) is 0 Å². The highest BCUT2D eigenvalue weighted by Gasteiger charge is 2.32. The van der Waals surface area contributed by atoms with Gasteiger partial charge in [0.2, 0.25) is 23.6 Å². The molecule has 1 rings (SSSR count). The topological polar surface area (TPSA) is 174 Å². The first-order chi connectivity index (χ1) is 19.9. The van der Waals surface area contributed by atoms with Crippen LogP contribution in [-0.2, 0) is 30.5 Å². The highest BCUT2D eigenvalue weighted by Crippen LogP contribution is 2.14. The van der Waals surface area contributed by atoms with Crippen molar-refractivity contribution in [2.24, 2.45) is 11.8 Å². The van der Waals surface area contributed by atoms with Gasteiger partial charge >= 0.3 is 5.97 Å². The number of aliphatic hydroxyl groups is 1. The van der Waals surface area contributed by atoms with Gasteiger partial charge in [0.1, 0.15) is 12.1 Å². The Balaban J connectivity index is 2.89. The number of amides is 4. The third-order valence-corrected chi connectivity index (χ3v) is 7.06. The van der Waals surface area contributed by atoms with Gasteiger partial charge in [-0.1, -0.05) is 77.8 Å². The van der Waals surface area contributed by atoms with Gasteiger partial charge in [0.15, 0.2) is 0 Å². The molecule has 0 heterocycles. The van der Waals surface area contributed by atoms with Crippen LogP contribution in [0.15, 0.2) is 30.3 Å². The minimum Gasteiger partial charge on any atom is -0.481 e. The fourth-order valence-electron chi connectivity index (χ4n) is 4.47. The zero-order valence-electron chi connectivity index (χ0n) is 25.7. The van der Waals surface area contributed by atoms with Crippen LogP contribution in [0.2, 0.25) is 0 Å². The third kappa shape index (κ3) is 14.4. The Bertz CT molecular complexity index is 1000. The molecular weight excluding hydrogens is 540 g/mol. The summed E-state index contributed by atoms with van der Waals surface area (Å²) in [4.78, 5) is 62.4. The van der Waals surface area contributed by atoms with Crippen molar-refractivity contribution in [3.8, 4) is 0 Å². The molecule has 4 amide bonds. The summed E-state index contributed by atoms with van der Waals surface area (Å²) in [6.45, 7) is 9.79. The number of nitrogens with one attached hydrogen (secondary N) is 4. The van der Waals surface area contributed by atoms with Crippen molar-refractivity contribution in [2.45, 2.75) is 117 Å². The van der Waals surface area contributed by atoms with Gasteiger partial charge < -0.3 is 31.5 Å². The van der Waals surface area contributed by atoms with Crippen molar-refractivity contribution in [2.75, 3.05) is 0 Å². The normalized spacial score (nSPS) is 14.6. The van der Waals surface area contributed by atoms with Gasteiger partial charge in [-0.3, -0.25) is 24.0 Å². The van der Waals surface area contributed by atoms with Gasteiger partial charge in [0.05, 0.1) is 18.6 Å². The number of hydrogen-bond acceptors (Lipinski definition) is 6. The van der Waals surface area contributed by atoms with Crippen LogP contribution < -0.4 is 21.3 Å². The van der Waals surface area contributed by atoms with Crippen LogP contribution in [0.4, 0.5) is 0 Å². The van der Waals surface area contributed by atoms with E-state index in [2.05, 4.69) is 21.3 Å². The number of carbonyl (C=O) groups excluding carboxylic acids is 4. The number of hydrogen-bond donors (Lipinski definition) is 6. The fourth-order valence-corrected chi connectivity index (χ4v) is 4.47. The molecule has 0 spiro atoms. The summed E-state index contributed by atoms with van der Waals surface area (Å²) in [6.07, 6.45) is 0.583. The van der Waals surface area contributed by atoms with E-state index in [0.29, 0.717) is 32.2 Å². The molecule has 0 aliphatic heterocycles. The van der Waals surface area contributed by atoms with Crippen molar-refractivity contribution >= 4 is 29.6 Å². The quantitative estimate of drug-likeness (QED) is 0.135. The smallest absolute Gasteiger partial charge is 0.303 e. The van der Waals surface area contributed by atoms with Gasteiger partial charge in [0, 0.05) is 19.4 Å². The summed E-state index contributed by atoms with van der Waals surface area (Å²) in [5, 5.41) is 30.8. The van der Waals surface area contributed by atoms with Crippen LogP contribution in [-0.4, -0.2) is 64.0 Å². The van der Waals surface area contributed by atoms with E-state index >= 15 is 0 Å². The summed E-state index contributed by atoms with van der Waals surface area (Å²) >= 11 is 0. The van der Waals surface area contributed by atoms with Crippen LogP contribution >= 0.6 is 0 Å². The Morgan fingerprint density at radius 3 is 2.10 bits per heavy atom. The van der Waals surface area contributed by atoms with Crippen molar-refractivity contribution in [3.63, 3.8) is 0 Å². The maximum absolute atomic E-state index is 13.4. The van der Waals surface area contributed by atoms with E-state index in [1.165, 1.54) is 0 Å². The van der Waals surface area contributed by atoms with E-state index in [1.54, 1.807) is 0 Å². The molecule has 0 aromatic heterocycles. The maximum atomic E-state index is 13.4. The molecule has 236 valence electrons. The monoisotopic (exact) mass is 590 g/mol. The summed E-state index contributed by atoms with van der Waals surface area (Å²) < 4.78 is 0. The number of rotatable bonds is 20. The molecule has 5 atom stereocenters. The molecule has 1 aromatic rings. The zero-order valence-corrected chi connectivity index (χ0v) is 25.7. The standard InChI is InChI=1S/C31H50N4O7/c1-6-12-23(33-31(42)29(21(5)7-2)35-26(37)15-11-16-28(39)40)30(41)34-24(17-20(3)4)25(36)18-27(38)32-19-22-13-9-8-10-14-22/h8-10,13-14,20-21,23-25,29,36H,6-7,11-12,15-19H2,1-5H3,(H,32,38)(H,33,42)(H,34,41)(H,35,37)(H,39,40)/t21-,23+,24+,25+,29+/m1/s1. The van der Waals surface area contributed by atoms with E-state index in [-0.39, 0.29) is 43.4 Å². The van der Waals surface area contributed by atoms with Crippen LogP contribution in [0.3, 0.4) is 0 Å². The average Bonchev–Trinajstić information content (AvgIpc) is 2.93. The first kappa shape index (κ1) is 36.6. The van der Waals surface area contributed by atoms with Crippen LogP contribution in [0.1, 0.15) is 91.5 Å². The Morgan fingerprint density at radius 1 is 0.857 bits per heavy atom. The second kappa shape index (κ2) is 19.6. The molecular formula is C31H50N4O7. The highest BCUT2D eigenvalue weighted by molar-refractivity contribution is 5.92. The number of aliphatic hydroxyl groups excluding tert-OH is 1. The Kier molecular flexibility index (Phi) is 17.1. The lowest BCUT2D eigenvalue weighted by atomic mass is 9.95. The largest absolute Gasteiger partial charge is 0.481 e. The molecule has 0 aliphatic carbocycles. The first-order valence-corrected chi connectivity index (χ1v) is 15.0. The molecule has 11 nitrogen and oxygen atoms in total. The second-order valence-electron chi connectivity index (χ2n) is 11.3. The molecule has 0 unspecified atom stereocenters. The summed E-state index contributed by atoms with van der Waals surface area (Å²) in [5.41, 5.74) is 0.928. The molecule has 0 saturated heterocycles. The molecule has 42 heavy (non-hydrogen) atoms. The summed E-state index contributed by atoms with van der Waals surface area (Å²) in [5.74, 6) is -2.88. The van der Waals surface area contributed by atoms with E-state index in [1.807, 2.05) is 65.0 Å². The van der Waals surface area contributed by atoms with Gasteiger partial charge in [-0.2, -0.15) is 0 Å². The Hall–Kier alpha value is -3.47. The summed E-state index contributed by atoms with van der Waals surface area (Å²) in [6, 6.07) is 6.88. The number of carboxylic acids is 1. The van der Waals surface area contributed by atoms with E-state index in [0.717, 1.165) is 5.56 Å². The van der Waals surface area contributed by atoms with E-state index in [4.69, 9.17) is 5.11 Å². The molecule has 1 aromatic carbocycles. The minimum absolute atomic E-state index is 0.0287. The molecule has 0 bridgehead atoms. The van der Waals surface area contributed by atoms with Gasteiger partial charge in [0.25, 0.3) is 0 Å². The Labute approximate surface area is 249 Å². The number of benzene rings is 1. The number of carbonyl (C=O) groups is 5. The van der Waals surface area contributed by atoms with Gasteiger partial charge in [-0.25, -0.2) is 0 Å². The average molecular weight is 591 g/mol. The lowest BCUT2D eigenvalue weighted by Gasteiger charge is -2.29. The van der Waals surface area contributed by atoms with Gasteiger partial charge in [-0.05, 0) is 36.7 Å². The predicted octanol–water partition coefficient (Wildman–Crippen LogP) is 2.66. The molecule has 11 heteroatoms. The second-order valence-corrected chi connectivity index (χ2v) is 11.3. The predicted molar refractivity (Wildman–Crippen MR) is 160 cm³/mol. The fraction of sp³-hybridized carbons (Fsp3) is 0.645. The van der Waals surface area contributed by atoms with Crippen LogP contribution in [0.5, 0.6) is 0 Å². The lowest BCUT2D eigenvalue weighted by Crippen LogP contribution is -2.57. The SMILES string of the molecule is CCC[C@H](NC(=O)[C@@H](NC(=O)CCCC(=O)O)[C@H](C)CC)C(=O)N[C@@H](CC(C)C)[C@@H](O)CC(=O)NCc1ccccc1. The molecule has 0 saturated carbocycles. The Morgan fingerprint density at radius 2 is 1.52 bits per heavy atom.